The van der Waals surface area contributed by atoms with Gasteiger partial charge in [-0.3, -0.25) is 4.79 Å². The lowest BCUT2D eigenvalue weighted by Gasteiger charge is -2.31. The van der Waals surface area contributed by atoms with Crippen LogP contribution in [0.2, 0.25) is 0 Å². The molecule has 0 aromatic heterocycles. The Balaban J connectivity index is 1.81. The highest BCUT2D eigenvalue weighted by Gasteiger charge is 2.32. The van der Waals surface area contributed by atoms with E-state index >= 15 is 0 Å². The number of carbonyl (C=O) groups is 1. The second-order valence-corrected chi connectivity index (χ2v) is 10.5. The maximum absolute atomic E-state index is 13.8. The summed E-state index contributed by atoms with van der Waals surface area (Å²) in [6, 6.07) is 11.2. The number of ether oxygens (including phenoxy) is 2. The molecule has 0 heterocycles. The number of halogens is 1. The predicted molar refractivity (Wildman–Crippen MR) is 124 cm³/mol. The Morgan fingerprint density at radius 2 is 1.76 bits per heavy atom. The zero-order valence-corrected chi connectivity index (χ0v) is 20.2. The van der Waals surface area contributed by atoms with Crippen molar-refractivity contribution < 1.29 is 27.1 Å². The van der Waals surface area contributed by atoms with Gasteiger partial charge in [0.1, 0.15) is 11.6 Å². The molecule has 3 rings (SSSR count). The molecule has 1 aliphatic rings. The standard InChI is InChI=1S/C25H32FNO5S/c1-4-32-25(28)21-9-5-19(6-10-21)16-27(17-20-7-11-22(31-3)12-8-20)33(29,30)23-13-14-24(26)18(2)15-23/h7-8,11-15,19,21H,4-6,9-10,16-17H2,1-3H3. The van der Waals surface area contributed by atoms with Gasteiger partial charge in [0.05, 0.1) is 24.5 Å². The second-order valence-electron chi connectivity index (χ2n) is 8.53. The number of hydrogen-bond donors (Lipinski definition) is 0. The van der Waals surface area contributed by atoms with Crippen LogP contribution >= 0.6 is 0 Å². The smallest absolute Gasteiger partial charge is 0.308 e. The number of sulfonamides is 1. The van der Waals surface area contributed by atoms with Crippen LogP contribution in [0.25, 0.3) is 0 Å². The molecule has 2 aromatic rings. The monoisotopic (exact) mass is 477 g/mol. The third kappa shape index (κ3) is 6.32. The molecule has 0 saturated heterocycles. The van der Waals surface area contributed by atoms with Gasteiger partial charge >= 0.3 is 5.97 Å². The van der Waals surface area contributed by atoms with Crippen molar-refractivity contribution >= 4 is 16.0 Å². The van der Waals surface area contributed by atoms with Crippen molar-refractivity contribution in [3.05, 3.63) is 59.4 Å². The summed E-state index contributed by atoms with van der Waals surface area (Å²) in [4.78, 5) is 12.1. The summed E-state index contributed by atoms with van der Waals surface area (Å²) in [5.74, 6) is 0.103. The van der Waals surface area contributed by atoms with Gasteiger partial charge in [0.2, 0.25) is 10.0 Å². The van der Waals surface area contributed by atoms with E-state index in [1.54, 1.807) is 33.1 Å². The summed E-state index contributed by atoms with van der Waals surface area (Å²) in [6.07, 6.45) is 2.88. The third-order valence-corrected chi connectivity index (χ3v) is 8.02. The normalized spacial score (nSPS) is 18.8. The van der Waals surface area contributed by atoms with Crippen molar-refractivity contribution in [1.82, 2.24) is 4.31 Å². The van der Waals surface area contributed by atoms with Crippen LogP contribution in [0.4, 0.5) is 4.39 Å². The van der Waals surface area contributed by atoms with Crippen molar-refractivity contribution in [3.63, 3.8) is 0 Å². The molecule has 0 bridgehead atoms. The minimum atomic E-state index is -3.85. The van der Waals surface area contributed by atoms with E-state index in [0.717, 1.165) is 18.4 Å². The first kappa shape index (κ1) is 25.2. The number of hydrogen-bond acceptors (Lipinski definition) is 5. The maximum atomic E-state index is 13.8. The molecular weight excluding hydrogens is 445 g/mol. The highest BCUT2D eigenvalue weighted by molar-refractivity contribution is 7.89. The van der Waals surface area contributed by atoms with E-state index in [1.807, 2.05) is 12.1 Å². The fourth-order valence-corrected chi connectivity index (χ4v) is 5.83. The molecule has 1 fully saturated rings. The molecule has 1 aliphatic carbocycles. The van der Waals surface area contributed by atoms with E-state index in [1.165, 1.54) is 22.5 Å². The average molecular weight is 478 g/mol. The zero-order valence-electron chi connectivity index (χ0n) is 19.4. The minimum absolute atomic E-state index is 0.0788. The Morgan fingerprint density at radius 3 is 2.33 bits per heavy atom. The van der Waals surface area contributed by atoms with Gasteiger partial charge in [-0.05, 0) is 86.9 Å². The number of carbonyl (C=O) groups excluding carboxylic acids is 1. The van der Waals surface area contributed by atoms with E-state index in [2.05, 4.69) is 0 Å². The summed E-state index contributed by atoms with van der Waals surface area (Å²) in [6.45, 7) is 4.24. The lowest BCUT2D eigenvalue weighted by molar-refractivity contribution is -0.149. The first-order valence-electron chi connectivity index (χ1n) is 11.3. The first-order valence-corrected chi connectivity index (χ1v) is 12.7. The number of esters is 1. The van der Waals surface area contributed by atoms with Crippen molar-refractivity contribution in [2.75, 3.05) is 20.3 Å². The van der Waals surface area contributed by atoms with E-state index < -0.39 is 15.8 Å². The Morgan fingerprint density at radius 1 is 1.09 bits per heavy atom. The fourth-order valence-electron chi connectivity index (χ4n) is 4.24. The molecule has 33 heavy (non-hydrogen) atoms. The Labute approximate surface area is 195 Å². The van der Waals surface area contributed by atoms with E-state index in [0.29, 0.717) is 31.7 Å². The van der Waals surface area contributed by atoms with Crippen molar-refractivity contribution in [3.8, 4) is 5.75 Å². The topological polar surface area (TPSA) is 72.9 Å². The van der Waals surface area contributed by atoms with Crippen LogP contribution in [0.15, 0.2) is 47.4 Å². The molecular formula is C25H32FNO5S. The molecule has 0 atom stereocenters. The van der Waals surface area contributed by atoms with Crippen LogP contribution in [0, 0.1) is 24.6 Å². The van der Waals surface area contributed by atoms with Gasteiger partial charge in [-0.2, -0.15) is 4.31 Å². The fraction of sp³-hybridized carbons (Fsp3) is 0.480. The molecule has 0 radical (unpaired) electrons. The number of nitrogens with zero attached hydrogens (tertiary/aromatic N) is 1. The highest BCUT2D eigenvalue weighted by Crippen LogP contribution is 2.32. The molecule has 2 aromatic carbocycles. The molecule has 0 unspecified atom stereocenters. The van der Waals surface area contributed by atoms with Gasteiger partial charge in [-0.15, -0.1) is 0 Å². The van der Waals surface area contributed by atoms with Gasteiger partial charge in [0.25, 0.3) is 0 Å². The summed E-state index contributed by atoms with van der Waals surface area (Å²) in [7, 11) is -2.27. The molecule has 180 valence electrons. The molecule has 1 saturated carbocycles. The van der Waals surface area contributed by atoms with Gasteiger partial charge in [0.15, 0.2) is 0 Å². The average Bonchev–Trinajstić information content (AvgIpc) is 2.81. The lowest BCUT2D eigenvalue weighted by atomic mass is 9.82. The molecule has 8 heteroatoms. The van der Waals surface area contributed by atoms with Crippen molar-refractivity contribution in [2.45, 2.75) is 51.0 Å². The molecule has 0 N–H and O–H groups in total. The number of methoxy groups -OCH3 is 1. The summed E-state index contributed by atoms with van der Waals surface area (Å²) in [5.41, 5.74) is 1.12. The predicted octanol–water partition coefficient (Wildman–Crippen LogP) is 4.70. The second kappa shape index (κ2) is 11.1. The van der Waals surface area contributed by atoms with Crippen LogP contribution in [0.1, 0.15) is 43.7 Å². The number of rotatable bonds is 9. The van der Waals surface area contributed by atoms with Crippen molar-refractivity contribution in [2.24, 2.45) is 11.8 Å². The third-order valence-electron chi connectivity index (χ3n) is 6.21. The van der Waals surface area contributed by atoms with Crippen LogP contribution in [0.3, 0.4) is 0 Å². The van der Waals surface area contributed by atoms with E-state index in [-0.39, 0.29) is 34.8 Å². The largest absolute Gasteiger partial charge is 0.497 e. The van der Waals surface area contributed by atoms with Crippen LogP contribution < -0.4 is 4.74 Å². The van der Waals surface area contributed by atoms with Crippen LogP contribution in [0.5, 0.6) is 5.75 Å². The maximum Gasteiger partial charge on any atom is 0.308 e. The zero-order chi connectivity index (χ0) is 24.0. The van der Waals surface area contributed by atoms with Gasteiger partial charge in [-0.25, -0.2) is 12.8 Å². The minimum Gasteiger partial charge on any atom is -0.497 e. The van der Waals surface area contributed by atoms with E-state index in [4.69, 9.17) is 9.47 Å². The first-order chi connectivity index (χ1) is 15.7. The number of aryl methyl sites for hydroxylation is 1. The summed E-state index contributed by atoms with van der Waals surface area (Å²) < 4.78 is 52.7. The van der Waals surface area contributed by atoms with Crippen LogP contribution in [-0.4, -0.2) is 39.0 Å². The Kier molecular flexibility index (Phi) is 8.48. The quantitative estimate of drug-likeness (QED) is 0.490. The summed E-state index contributed by atoms with van der Waals surface area (Å²) >= 11 is 0. The van der Waals surface area contributed by atoms with Crippen LogP contribution in [-0.2, 0) is 26.1 Å². The lowest BCUT2D eigenvalue weighted by Crippen LogP contribution is -2.37. The molecule has 0 aliphatic heterocycles. The van der Waals surface area contributed by atoms with Gasteiger partial charge < -0.3 is 9.47 Å². The summed E-state index contributed by atoms with van der Waals surface area (Å²) in [5, 5.41) is 0. The van der Waals surface area contributed by atoms with E-state index in [9.17, 15) is 17.6 Å². The number of benzene rings is 2. The SMILES string of the molecule is CCOC(=O)C1CCC(CN(Cc2ccc(OC)cc2)S(=O)(=O)c2ccc(F)c(C)c2)CC1. The molecule has 0 amide bonds. The van der Waals surface area contributed by atoms with Crippen molar-refractivity contribution in [1.29, 1.82) is 0 Å². The Bertz CT molecular complexity index is 1050. The highest BCUT2D eigenvalue weighted by atomic mass is 32.2. The Hall–Kier alpha value is -2.45. The van der Waals surface area contributed by atoms with Gasteiger partial charge in [-0.1, -0.05) is 12.1 Å². The van der Waals surface area contributed by atoms with Gasteiger partial charge in [0, 0.05) is 13.1 Å². The molecule has 0 spiro atoms. The molecule has 6 nitrogen and oxygen atoms in total.